The molecular weight excluding hydrogens is 496 g/mol. The third-order valence-electron chi connectivity index (χ3n) is 7.30. The molecule has 0 bridgehead atoms. The first-order valence-electron chi connectivity index (χ1n) is 13.0. The lowest BCUT2D eigenvalue weighted by Crippen LogP contribution is -2.63. The van der Waals surface area contributed by atoms with E-state index < -0.39 is 35.8 Å². The van der Waals surface area contributed by atoms with Gasteiger partial charge in [0.05, 0.1) is 16.7 Å². The van der Waals surface area contributed by atoms with Crippen LogP contribution < -0.4 is 10.4 Å². The number of rotatable bonds is 8. The zero-order valence-electron chi connectivity index (χ0n) is 22.6. The summed E-state index contributed by atoms with van der Waals surface area (Å²) in [5.74, 6) is -0.0256. The van der Waals surface area contributed by atoms with Crippen molar-refractivity contribution in [3.05, 3.63) is 33.7 Å². The molecule has 11 nitrogen and oxygen atoms in total. The fraction of sp³-hybridized carbons (Fsp3) is 0.630. The Morgan fingerprint density at radius 1 is 1.18 bits per heavy atom. The maximum absolute atomic E-state index is 12.9. The van der Waals surface area contributed by atoms with Crippen LogP contribution in [0.25, 0.3) is 11.0 Å². The van der Waals surface area contributed by atoms with Crippen LogP contribution in [0.15, 0.2) is 26.5 Å². The Kier molecular flexibility index (Phi) is 8.63. The molecule has 3 N–H and O–H groups in total. The minimum absolute atomic E-state index is 0.0787. The molecule has 11 heteroatoms. The Balaban J connectivity index is 1.53. The van der Waals surface area contributed by atoms with Crippen molar-refractivity contribution in [3.8, 4) is 11.5 Å². The SMILES string of the molecule is CO[C@@H]1[C@H](O)[C@@H](O)[C@H](Oc2ccc3c(O)c(C(C)=NOCCN4CCCCC4)c(=O)oc3c2C)OC1(C)C. The lowest BCUT2D eigenvalue weighted by atomic mass is 9.89. The number of nitrogens with zero attached hydrogens (tertiary/aromatic N) is 2. The lowest BCUT2D eigenvalue weighted by molar-refractivity contribution is -0.306. The van der Waals surface area contributed by atoms with Gasteiger partial charge in [0.15, 0.2) is 0 Å². The molecule has 0 unspecified atom stereocenters. The average molecular weight is 535 g/mol. The van der Waals surface area contributed by atoms with E-state index in [1.54, 1.807) is 39.8 Å². The summed E-state index contributed by atoms with van der Waals surface area (Å²) in [5.41, 5.74) is -1.07. The predicted molar refractivity (Wildman–Crippen MR) is 140 cm³/mol. The monoisotopic (exact) mass is 534 g/mol. The summed E-state index contributed by atoms with van der Waals surface area (Å²) in [7, 11) is 1.43. The molecule has 2 aliphatic rings. The summed E-state index contributed by atoms with van der Waals surface area (Å²) < 4.78 is 22.6. The zero-order chi connectivity index (χ0) is 27.6. The molecular formula is C27H38N2O9. The predicted octanol–water partition coefficient (Wildman–Crippen LogP) is 2.28. The summed E-state index contributed by atoms with van der Waals surface area (Å²) in [6.45, 7) is 9.89. The first-order chi connectivity index (χ1) is 18.0. The van der Waals surface area contributed by atoms with Crippen molar-refractivity contribution >= 4 is 16.7 Å². The van der Waals surface area contributed by atoms with E-state index in [-0.39, 0.29) is 33.7 Å². The van der Waals surface area contributed by atoms with E-state index in [2.05, 4.69) is 10.1 Å². The number of oxime groups is 1. The second-order valence-corrected chi connectivity index (χ2v) is 10.4. The Morgan fingerprint density at radius 3 is 2.58 bits per heavy atom. The van der Waals surface area contributed by atoms with Crippen LogP contribution in [0.1, 0.15) is 51.2 Å². The van der Waals surface area contributed by atoms with Gasteiger partial charge in [-0.2, -0.15) is 0 Å². The second-order valence-electron chi connectivity index (χ2n) is 10.4. The zero-order valence-corrected chi connectivity index (χ0v) is 22.6. The van der Waals surface area contributed by atoms with E-state index in [1.165, 1.54) is 26.4 Å². The van der Waals surface area contributed by atoms with Crippen LogP contribution in [-0.2, 0) is 14.3 Å². The normalized spacial score (nSPS) is 26.4. The molecule has 3 heterocycles. The van der Waals surface area contributed by atoms with Crippen molar-refractivity contribution < 1.29 is 38.8 Å². The summed E-state index contributed by atoms with van der Waals surface area (Å²) in [6, 6.07) is 3.11. The van der Waals surface area contributed by atoms with E-state index in [0.717, 1.165) is 19.6 Å². The maximum atomic E-state index is 12.9. The Morgan fingerprint density at radius 2 is 1.89 bits per heavy atom. The summed E-state index contributed by atoms with van der Waals surface area (Å²) in [5, 5.41) is 36.3. The van der Waals surface area contributed by atoms with Crippen LogP contribution in [0, 0.1) is 6.92 Å². The van der Waals surface area contributed by atoms with Gasteiger partial charge in [0.1, 0.15) is 47.6 Å². The van der Waals surface area contributed by atoms with E-state index in [4.69, 9.17) is 23.5 Å². The number of benzene rings is 1. The van der Waals surface area contributed by atoms with Gasteiger partial charge in [-0.1, -0.05) is 11.6 Å². The lowest BCUT2D eigenvalue weighted by Gasteiger charge is -2.46. The molecule has 1 aromatic carbocycles. The highest BCUT2D eigenvalue weighted by atomic mass is 16.7. The molecule has 0 spiro atoms. The topological polar surface area (TPSA) is 143 Å². The van der Waals surface area contributed by atoms with E-state index >= 15 is 0 Å². The summed E-state index contributed by atoms with van der Waals surface area (Å²) in [6.07, 6.45) is -0.986. The molecule has 2 saturated heterocycles. The van der Waals surface area contributed by atoms with Crippen LogP contribution in [0.3, 0.4) is 0 Å². The van der Waals surface area contributed by atoms with Gasteiger partial charge in [0.25, 0.3) is 0 Å². The van der Waals surface area contributed by atoms with Gasteiger partial charge in [-0.15, -0.1) is 0 Å². The van der Waals surface area contributed by atoms with E-state index in [1.807, 2.05) is 0 Å². The number of hydrogen-bond acceptors (Lipinski definition) is 11. The highest BCUT2D eigenvalue weighted by Gasteiger charge is 2.50. The number of aliphatic hydroxyl groups is 2. The van der Waals surface area contributed by atoms with Gasteiger partial charge in [-0.25, -0.2) is 4.79 Å². The van der Waals surface area contributed by atoms with Crippen LogP contribution >= 0.6 is 0 Å². The first kappa shape index (κ1) is 28.3. The molecule has 4 rings (SSSR count). The number of hydrogen-bond donors (Lipinski definition) is 3. The minimum Gasteiger partial charge on any atom is -0.506 e. The number of fused-ring (bicyclic) bond motifs is 1. The first-order valence-corrected chi connectivity index (χ1v) is 13.0. The van der Waals surface area contributed by atoms with Crippen molar-refractivity contribution in [2.24, 2.45) is 5.16 Å². The third kappa shape index (κ3) is 5.67. The van der Waals surface area contributed by atoms with Crippen LogP contribution in [-0.4, -0.2) is 89.5 Å². The van der Waals surface area contributed by atoms with Gasteiger partial charge in [0.2, 0.25) is 6.29 Å². The molecule has 210 valence electrons. The molecule has 38 heavy (non-hydrogen) atoms. The largest absolute Gasteiger partial charge is 0.506 e. The van der Waals surface area contributed by atoms with Gasteiger partial charge >= 0.3 is 5.63 Å². The van der Waals surface area contributed by atoms with Gasteiger partial charge < -0.3 is 38.8 Å². The molecule has 2 aliphatic heterocycles. The Bertz CT molecular complexity index is 1220. The van der Waals surface area contributed by atoms with Crippen molar-refractivity contribution in [1.82, 2.24) is 4.90 Å². The van der Waals surface area contributed by atoms with Crippen molar-refractivity contribution in [2.75, 3.05) is 33.4 Å². The average Bonchev–Trinajstić information content (AvgIpc) is 2.87. The second kappa shape index (κ2) is 11.6. The molecule has 2 aromatic rings. The van der Waals surface area contributed by atoms with Crippen LogP contribution in [0.5, 0.6) is 11.5 Å². The van der Waals surface area contributed by atoms with Crippen LogP contribution in [0.2, 0.25) is 0 Å². The maximum Gasteiger partial charge on any atom is 0.349 e. The number of piperidine rings is 1. The number of methoxy groups -OCH3 is 1. The van der Waals surface area contributed by atoms with Crippen LogP contribution in [0.4, 0.5) is 0 Å². The molecule has 0 radical (unpaired) electrons. The standard InChI is InChI=1S/C27H38N2O9/c1-15-18(36-26-22(32)21(31)24(34-5)27(3,4)38-26)10-9-17-20(30)19(25(33)37-23(15)17)16(2)28-35-14-13-29-11-7-6-8-12-29/h9-10,21-22,24,26,30-32H,6-8,11-14H2,1-5H3/t21-,22-,24-,26-/m1/s1. The number of likely N-dealkylation sites (tertiary alicyclic amines) is 1. The number of aromatic hydroxyl groups is 1. The summed E-state index contributed by atoms with van der Waals surface area (Å²) >= 11 is 0. The smallest absolute Gasteiger partial charge is 0.349 e. The number of aryl methyl sites for hydroxylation is 1. The number of aliphatic hydroxyl groups excluding tert-OH is 2. The van der Waals surface area contributed by atoms with E-state index in [0.29, 0.717) is 12.2 Å². The molecule has 0 saturated carbocycles. The number of ether oxygens (including phenoxy) is 3. The van der Waals surface area contributed by atoms with Gasteiger partial charge in [-0.3, -0.25) is 4.90 Å². The highest BCUT2D eigenvalue weighted by molar-refractivity contribution is 6.04. The molecule has 2 fully saturated rings. The van der Waals surface area contributed by atoms with Crippen molar-refractivity contribution in [1.29, 1.82) is 0 Å². The molecule has 4 atom stereocenters. The minimum atomic E-state index is -1.39. The van der Waals surface area contributed by atoms with Gasteiger partial charge in [0, 0.05) is 19.2 Å². The van der Waals surface area contributed by atoms with Gasteiger partial charge in [-0.05, 0) is 65.8 Å². The quantitative estimate of drug-likeness (QED) is 0.200. The highest BCUT2D eigenvalue weighted by Crippen LogP contribution is 2.37. The molecule has 0 amide bonds. The summed E-state index contributed by atoms with van der Waals surface area (Å²) in [4.78, 5) is 20.6. The van der Waals surface area contributed by atoms with Crippen molar-refractivity contribution in [2.45, 2.75) is 77.2 Å². The van der Waals surface area contributed by atoms with E-state index in [9.17, 15) is 20.1 Å². The third-order valence-corrected chi connectivity index (χ3v) is 7.30. The molecule has 1 aromatic heterocycles. The fourth-order valence-corrected chi connectivity index (χ4v) is 5.18. The van der Waals surface area contributed by atoms with Crippen molar-refractivity contribution in [3.63, 3.8) is 0 Å². The Labute approximate surface area is 221 Å². The Hall–Kier alpha value is -2.70. The molecule has 0 aliphatic carbocycles. The fourth-order valence-electron chi connectivity index (χ4n) is 5.18.